The van der Waals surface area contributed by atoms with Gasteiger partial charge in [0.25, 0.3) is 0 Å². The molecule has 0 spiro atoms. The minimum absolute atomic E-state index is 0.273. The number of alkyl halides is 6. The Morgan fingerprint density at radius 2 is 1.63 bits per heavy atom. The molecule has 2 nitrogen and oxygen atoms in total. The number of esters is 1. The summed E-state index contributed by atoms with van der Waals surface area (Å²) < 4.78 is 80.1. The second kappa shape index (κ2) is 5.17. The number of carbonyl (C=O) groups excluding carboxylic acids is 1. The van der Waals surface area contributed by atoms with Gasteiger partial charge in [0.15, 0.2) is 0 Å². The molecule has 0 aliphatic heterocycles. The standard InChI is InChI=1S/C10H5F6IO2/c1-19-8(18)6-5(17)3-2-4(9(11,12)13)7(6)10(14,15)16/h2-3H,1H3. The second-order valence-corrected chi connectivity index (χ2v) is 4.49. The monoisotopic (exact) mass is 398 g/mol. The Morgan fingerprint density at radius 3 is 2.00 bits per heavy atom. The highest BCUT2D eigenvalue weighted by atomic mass is 127. The van der Waals surface area contributed by atoms with Gasteiger partial charge in [-0.3, -0.25) is 0 Å². The van der Waals surface area contributed by atoms with E-state index in [0.29, 0.717) is 0 Å². The quantitative estimate of drug-likeness (QED) is 0.405. The molecule has 0 heterocycles. The van der Waals surface area contributed by atoms with Gasteiger partial charge in [-0.2, -0.15) is 26.3 Å². The summed E-state index contributed by atoms with van der Waals surface area (Å²) in [6.07, 6.45) is -10.5. The molecule has 0 unspecified atom stereocenters. The molecule has 0 N–H and O–H groups in total. The Hall–Kier alpha value is -1.00. The summed E-state index contributed by atoms with van der Waals surface area (Å²) >= 11 is 1.34. The van der Waals surface area contributed by atoms with Crippen molar-refractivity contribution < 1.29 is 35.9 Å². The maximum Gasteiger partial charge on any atom is 0.417 e. The molecule has 9 heteroatoms. The summed E-state index contributed by atoms with van der Waals surface area (Å²) in [5.41, 5.74) is -5.08. The van der Waals surface area contributed by atoms with Crippen LogP contribution in [0.2, 0.25) is 0 Å². The van der Waals surface area contributed by atoms with Crippen LogP contribution in [0.25, 0.3) is 0 Å². The zero-order valence-corrected chi connectivity index (χ0v) is 11.3. The number of methoxy groups -OCH3 is 1. The average Bonchev–Trinajstić information content (AvgIpc) is 2.24. The predicted octanol–water partition coefficient (Wildman–Crippen LogP) is 4.12. The first-order chi connectivity index (χ1) is 8.50. The van der Waals surface area contributed by atoms with Crippen molar-refractivity contribution in [1.29, 1.82) is 0 Å². The lowest BCUT2D eigenvalue weighted by Crippen LogP contribution is -2.22. The molecule has 106 valence electrons. The van der Waals surface area contributed by atoms with Gasteiger partial charge in [0.1, 0.15) is 0 Å². The lowest BCUT2D eigenvalue weighted by molar-refractivity contribution is -0.162. The summed E-state index contributed by atoms with van der Waals surface area (Å²) in [6, 6.07) is 1.07. The Kier molecular flexibility index (Phi) is 4.37. The number of halogens is 7. The minimum Gasteiger partial charge on any atom is -0.465 e. The van der Waals surface area contributed by atoms with Crippen LogP contribution in [0.3, 0.4) is 0 Å². The van der Waals surface area contributed by atoms with E-state index in [1.165, 1.54) is 22.6 Å². The average molecular weight is 398 g/mol. The van der Waals surface area contributed by atoms with Crippen molar-refractivity contribution in [2.24, 2.45) is 0 Å². The van der Waals surface area contributed by atoms with Crippen LogP contribution in [-0.2, 0) is 17.1 Å². The van der Waals surface area contributed by atoms with E-state index in [9.17, 15) is 31.1 Å². The summed E-state index contributed by atoms with van der Waals surface area (Å²) in [5, 5.41) is 0. The van der Waals surface area contributed by atoms with Crippen LogP contribution in [0.15, 0.2) is 12.1 Å². The molecule has 1 aromatic carbocycles. The van der Waals surface area contributed by atoms with E-state index in [4.69, 9.17) is 0 Å². The normalized spacial score (nSPS) is 12.4. The molecule has 19 heavy (non-hydrogen) atoms. The van der Waals surface area contributed by atoms with E-state index in [2.05, 4.69) is 4.74 Å². The fraction of sp³-hybridized carbons (Fsp3) is 0.300. The summed E-state index contributed by atoms with van der Waals surface area (Å²) in [7, 11) is 0.791. The van der Waals surface area contributed by atoms with Crippen molar-refractivity contribution in [3.8, 4) is 0 Å². The lowest BCUT2D eigenvalue weighted by atomic mass is 10.00. The Labute approximate surface area is 116 Å². The number of hydrogen-bond acceptors (Lipinski definition) is 2. The van der Waals surface area contributed by atoms with Gasteiger partial charge in [0.2, 0.25) is 0 Å². The van der Waals surface area contributed by atoms with Gasteiger partial charge in [-0.1, -0.05) is 0 Å². The Morgan fingerprint density at radius 1 is 1.11 bits per heavy atom. The van der Waals surface area contributed by atoms with E-state index in [0.717, 1.165) is 13.2 Å². The van der Waals surface area contributed by atoms with Crippen LogP contribution in [0.4, 0.5) is 26.3 Å². The number of ether oxygens (including phenoxy) is 1. The Bertz CT molecular complexity index is 506. The minimum atomic E-state index is -5.32. The van der Waals surface area contributed by atoms with Crippen molar-refractivity contribution in [3.05, 3.63) is 32.4 Å². The maximum absolute atomic E-state index is 12.8. The van der Waals surface area contributed by atoms with Gasteiger partial charge in [0.05, 0.1) is 23.8 Å². The van der Waals surface area contributed by atoms with Crippen molar-refractivity contribution >= 4 is 28.6 Å². The van der Waals surface area contributed by atoms with Gasteiger partial charge in [-0.05, 0) is 34.7 Å². The molecule has 0 saturated heterocycles. The molecule has 0 aromatic heterocycles. The third-order valence-electron chi connectivity index (χ3n) is 2.13. The zero-order chi connectivity index (χ0) is 15.0. The highest BCUT2D eigenvalue weighted by Gasteiger charge is 2.46. The topological polar surface area (TPSA) is 26.3 Å². The number of hydrogen-bond donors (Lipinski definition) is 0. The second-order valence-electron chi connectivity index (χ2n) is 3.33. The molecular formula is C10H5F6IO2. The summed E-state index contributed by atoms with van der Waals surface area (Å²) in [6.45, 7) is 0. The van der Waals surface area contributed by atoms with Crippen LogP contribution in [0, 0.1) is 3.57 Å². The van der Waals surface area contributed by atoms with Gasteiger partial charge in [0, 0.05) is 3.57 Å². The number of benzene rings is 1. The van der Waals surface area contributed by atoms with Gasteiger partial charge in [-0.15, -0.1) is 0 Å². The molecule has 1 rings (SSSR count). The van der Waals surface area contributed by atoms with Gasteiger partial charge >= 0.3 is 18.3 Å². The third-order valence-corrected chi connectivity index (χ3v) is 3.03. The van der Waals surface area contributed by atoms with Crippen molar-refractivity contribution in [1.82, 2.24) is 0 Å². The van der Waals surface area contributed by atoms with Crippen LogP contribution in [0.1, 0.15) is 21.5 Å². The van der Waals surface area contributed by atoms with Crippen molar-refractivity contribution in [3.63, 3.8) is 0 Å². The highest BCUT2D eigenvalue weighted by molar-refractivity contribution is 14.1. The fourth-order valence-electron chi connectivity index (χ4n) is 1.41. The summed E-state index contributed by atoms with van der Waals surface area (Å²) in [5.74, 6) is -1.47. The number of rotatable bonds is 1. The molecule has 0 radical (unpaired) electrons. The van der Waals surface area contributed by atoms with Crippen LogP contribution >= 0.6 is 22.6 Å². The molecule has 0 aliphatic rings. The van der Waals surface area contributed by atoms with E-state index < -0.39 is 35.0 Å². The molecule has 0 bridgehead atoms. The first kappa shape index (κ1) is 16.1. The van der Waals surface area contributed by atoms with Crippen LogP contribution in [-0.4, -0.2) is 13.1 Å². The van der Waals surface area contributed by atoms with Crippen LogP contribution in [0.5, 0.6) is 0 Å². The third kappa shape index (κ3) is 3.31. The molecule has 1 aromatic rings. The molecular weight excluding hydrogens is 393 g/mol. The Balaban J connectivity index is 3.76. The molecule has 0 aliphatic carbocycles. The fourth-order valence-corrected chi connectivity index (χ4v) is 2.08. The van der Waals surface area contributed by atoms with Crippen molar-refractivity contribution in [2.75, 3.05) is 7.11 Å². The highest BCUT2D eigenvalue weighted by Crippen LogP contribution is 2.43. The van der Waals surface area contributed by atoms with Gasteiger partial charge in [-0.25, -0.2) is 4.79 Å². The molecule has 0 saturated carbocycles. The van der Waals surface area contributed by atoms with Crippen molar-refractivity contribution in [2.45, 2.75) is 12.4 Å². The van der Waals surface area contributed by atoms with Gasteiger partial charge < -0.3 is 4.74 Å². The van der Waals surface area contributed by atoms with Crippen LogP contribution < -0.4 is 0 Å². The van der Waals surface area contributed by atoms with E-state index in [1.807, 2.05) is 0 Å². The molecule has 0 fully saturated rings. The predicted molar refractivity (Wildman–Crippen MR) is 60.5 cm³/mol. The lowest BCUT2D eigenvalue weighted by Gasteiger charge is -2.19. The molecule has 0 atom stereocenters. The first-order valence-electron chi connectivity index (χ1n) is 4.55. The maximum atomic E-state index is 12.8. The first-order valence-corrected chi connectivity index (χ1v) is 5.63. The van der Waals surface area contributed by atoms with E-state index >= 15 is 0 Å². The largest absolute Gasteiger partial charge is 0.465 e. The van der Waals surface area contributed by atoms with E-state index in [1.54, 1.807) is 0 Å². The summed E-state index contributed by atoms with van der Waals surface area (Å²) in [4.78, 5) is 11.3. The SMILES string of the molecule is COC(=O)c1c(I)ccc(C(F)(F)F)c1C(F)(F)F. The zero-order valence-electron chi connectivity index (χ0n) is 9.12. The van der Waals surface area contributed by atoms with E-state index in [-0.39, 0.29) is 9.64 Å². The smallest absolute Gasteiger partial charge is 0.417 e. The molecule has 0 amide bonds. The number of carbonyl (C=O) groups is 1.